The zero-order valence-corrected chi connectivity index (χ0v) is 41.0. The van der Waals surface area contributed by atoms with Gasteiger partial charge in [-0.15, -0.1) is 0 Å². The predicted octanol–water partition coefficient (Wildman–Crippen LogP) is 12.7. The van der Waals surface area contributed by atoms with Gasteiger partial charge in [-0.1, -0.05) is 218 Å². The van der Waals surface area contributed by atoms with Crippen molar-refractivity contribution in [1.82, 2.24) is 9.97 Å². The highest BCUT2D eigenvalue weighted by Crippen LogP contribution is 2.64. The summed E-state index contributed by atoms with van der Waals surface area (Å²) in [5, 5.41) is 2.97. The van der Waals surface area contributed by atoms with Crippen LogP contribution in [0, 0.1) is 5.92 Å². The number of hydrogen-bond donors (Lipinski definition) is 0. The molecule has 8 aromatic carbocycles. The van der Waals surface area contributed by atoms with Crippen molar-refractivity contribution in [3.05, 3.63) is 290 Å². The summed E-state index contributed by atoms with van der Waals surface area (Å²) in [5.74, 6) is -0.0607. The standard InChI is InChI=1S/C65H47N3O2P2/c69-71(49-24-8-2-9-25-49,50-26-10-3-11-27-50)63-38-20-34-59(66-63)46-40-42-53-54-43-41-47(60-35-21-39-64(67-60)72(70,51-28-12-4-13-29-51)52-30-14-5-15-31-52)45-58(54)65(57(53)44-46)55-32-16-18-36-61(55)68(48-22-6-1-7-23-48)62-37-19-17-33-56(62)65/h1-45,55,61H. The minimum absolute atomic E-state index is 0.0495. The average molecular weight is 964 g/mol. The molecular weight excluding hydrogens is 917 g/mol. The number of fused-ring (bicyclic) bond motifs is 9. The van der Waals surface area contributed by atoms with E-state index in [1.807, 2.05) is 158 Å². The molecule has 1 spiro atoms. The first-order valence-electron chi connectivity index (χ1n) is 24.4. The zero-order chi connectivity index (χ0) is 48.3. The van der Waals surface area contributed by atoms with Crippen molar-refractivity contribution in [3.8, 4) is 33.6 Å². The maximum atomic E-state index is 15.7. The molecule has 3 aliphatic rings. The van der Waals surface area contributed by atoms with E-state index in [0.717, 1.165) is 66.2 Å². The maximum absolute atomic E-state index is 15.7. The van der Waals surface area contributed by atoms with Gasteiger partial charge in [-0.2, -0.15) is 0 Å². The SMILES string of the molecule is O=P(c1ccccc1)(c1ccccc1)c1cccc(-c2ccc3c(c2)C2(c4cc(-c5cccc(P(=O)(c6ccccc6)c6ccccc6)n5)ccc4-3)c3ccccc3N(c3ccccc3)C3C=CC=CC32)n1. The fourth-order valence-corrected chi connectivity index (χ4v) is 16.8. The van der Waals surface area contributed by atoms with Crippen molar-refractivity contribution in [1.29, 1.82) is 0 Å². The molecule has 13 rings (SSSR count). The van der Waals surface area contributed by atoms with Gasteiger partial charge in [0, 0.05) is 49.6 Å². The molecule has 0 saturated heterocycles. The van der Waals surface area contributed by atoms with Crippen LogP contribution in [0.1, 0.15) is 16.7 Å². The second kappa shape index (κ2) is 17.6. The van der Waals surface area contributed by atoms with Gasteiger partial charge in [-0.3, -0.25) is 0 Å². The average Bonchev–Trinajstić information content (AvgIpc) is 3.75. The van der Waals surface area contributed by atoms with E-state index in [9.17, 15) is 0 Å². The lowest BCUT2D eigenvalue weighted by atomic mass is 9.58. The Balaban J connectivity index is 1.03. The molecular formula is C65H47N3O2P2. The van der Waals surface area contributed by atoms with E-state index < -0.39 is 19.7 Å². The minimum Gasteiger partial charge on any atom is -0.334 e. The molecule has 0 N–H and O–H groups in total. The highest BCUT2D eigenvalue weighted by Gasteiger charge is 2.57. The lowest BCUT2D eigenvalue weighted by molar-refractivity contribution is 0.392. The van der Waals surface area contributed by atoms with Crippen molar-refractivity contribution in [2.24, 2.45) is 5.92 Å². The normalized spacial score (nSPS) is 16.1. The smallest absolute Gasteiger partial charge is 0.188 e. The number of anilines is 2. The van der Waals surface area contributed by atoms with Crippen LogP contribution in [-0.4, -0.2) is 16.0 Å². The quantitative estimate of drug-likeness (QED) is 0.135. The Morgan fingerprint density at radius 2 is 0.806 bits per heavy atom. The summed E-state index contributed by atoms with van der Waals surface area (Å²) in [6, 6.07) is 84.0. The molecule has 1 aliphatic heterocycles. The van der Waals surface area contributed by atoms with Crippen LogP contribution in [0.25, 0.3) is 33.6 Å². The van der Waals surface area contributed by atoms with E-state index in [2.05, 4.69) is 120 Å². The molecule has 0 saturated carbocycles. The lowest BCUT2D eigenvalue weighted by Gasteiger charge is -2.53. The van der Waals surface area contributed by atoms with Crippen LogP contribution in [-0.2, 0) is 14.5 Å². The summed E-state index contributed by atoms with van der Waals surface area (Å²) in [4.78, 5) is 13.2. The summed E-state index contributed by atoms with van der Waals surface area (Å²) >= 11 is 0. The molecule has 72 heavy (non-hydrogen) atoms. The number of allylic oxidation sites excluding steroid dienone is 2. The Labute approximate surface area is 420 Å². The molecule has 10 aromatic rings. The van der Waals surface area contributed by atoms with Crippen LogP contribution in [0.5, 0.6) is 0 Å². The van der Waals surface area contributed by atoms with Gasteiger partial charge < -0.3 is 14.0 Å². The van der Waals surface area contributed by atoms with Gasteiger partial charge in [0.15, 0.2) is 14.3 Å². The molecule has 0 amide bonds. The molecule has 0 fully saturated rings. The van der Waals surface area contributed by atoms with E-state index in [-0.39, 0.29) is 12.0 Å². The van der Waals surface area contributed by atoms with Crippen LogP contribution < -0.4 is 37.0 Å². The molecule has 0 radical (unpaired) electrons. The number of aromatic nitrogens is 2. The van der Waals surface area contributed by atoms with E-state index in [4.69, 9.17) is 9.97 Å². The Hall–Kier alpha value is -8.20. The topological polar surface area (TPSA) is 63.2 Å². The summed E-state index contributed by atoms with van der Waals surface area (Å²) in [6.07, 6.45) is 9.14. The van der Waals surface area contributed by atoms with E-state index in [1.54, 1.807) is 0 Å². The third-order valence-corrected chi connectivity index (χ3v) is 20.8. The number of rotatable bonds is 9. The van der Waals surface area contributed by atoms with Crippen LogP contribution >= 0.6 is 14.3 Å². The predicted molar refractivity (Wildman–Crippen MR) is 298 cm³/mol. The van der Waals surface area contributed by atoms with Crippen LogP contribution in [0.4, 0.5) is 11.4 Å². The Morgan fingerprint density at radius 1 is 0.389 bits per heavy atom. The second-order valence-electron chi connectivity index (χ2n) is 18.7. The molecule has 3 heterocycles. The molecule has 2 aromatic heterocycles. The van der Waals surface area contributed by atoms with Gasteiger partial charge in [-0.25, -0.2) is 9.97 Å². The number of hydrogen-bond acceptors (Lipinski definition) is 5. The zero-order valence-electron chi connectivity index (χ0n) is 39.2. The number of para-hydroxylation sites is 2. The minimum atomic E-state index is -3.36. The summed E-state index contributed by atoms with van der Waals surface area (Å²) in [5.41, 5.74) is 11.9. The van der Waals surface area contributed by atoms with Gasteiger partial charge in [0.05, 0.1) is 22.8 Å². The first kappa shape index (κ1) is 43.8. The van der Waals surface area contributed by atoms with Gasteiger partial charge in [0.2, 0.25) is 0 Å². The monoisotopic (exact) mass is 963 g/mol. The van der Waals surface area contributed by atoms with Gasteiger partial charge in [-0.05, 0) is 82.4 Å². The summed E-state index contributed by atoms with van der Waals surface area (Å²) < 4.78 is 31.4. The number of pyridine rings is 2. The largest absolute Gasteiger partial charge is 0.334 e. The van der Waals surface area contributed by atoms with Crippen molar-refractivity contribution in [2.45, 2.75) is 11.5 Å². The number of benzene rings is 8. The highest BCUT2D eigenvalue weighted by atomic mass is 31.2. The van der Waals surface area contributed by atoms with E-state index in [0.29, 0.717) is 10.9 Å². The molecule has 5 nitrogen and oxygen atoms in total. The van der Waals surface area contributed by atoms with Gasteiger partial charge in [0.1, 0.15) is 10.9 Å². The van der Waals surface area contributed by atoms with Gasteiger partial charge in [0.25, 0.3) is 0 Å². The lowest BCUT2D eigenvalue weighted by Crippen LogP contribution is -2.52. The van der Waals surface area contributed by atoms with Crippen LogP contribution in [0.3, 0.4) is 0 Å². The first-order chi connectivity index (χ1) is 35.5. The Morgan fingerprint density at radius 3 is 1.28 bits per heavy atom. The molecule has 2 aliphatic carbocycles. The second-order valence-corrected chi connectivity index (χ2v) is 24.1. The molecule has 344 valence electrons. The highest BCUT2D eigenvalue weighted by molar-refractivity contribution is 7.85. The molecule has 2 atom stereocenters. The summed E-state index contributed by atoms with van der Waals surface area (Å²) in [6.45, 7) is 0. The van der Waals surface area contributed by atoms with Crippen LogP contribution in [0.2, 0.25) is 0 Å². The van der Waals surface area contributed by atoms with Gasteiger partial charge >= 0.3 is 0 Å². The molecule has 0 bridgehead atoms. The third kappa shape index (κ3) is 6.76. The Bertz CT molecular complexity index is 3570. The van der Waals surface area contributed by atoms with E-state index >= 15 is 9.13 Å². The van der Waals surface area contributed by atoms with Crippen LogP contribution in [0.15, 0.2) is 273 Å². The molecule has 2 unspecified atom stereocenters. The number of nitrogens with zero attached hydrogens (tertiary/aromatic N) is 3. The van der Waals surface area contributed by atoms with Crippen molar-refractivity contribution >= 4 is 57.7 Å². The third-order valence-electron chi connectivity index (χ3n) is 14.9. The van der Waals surface area contributed by atoms with Crippen molar-refractivity contribution < 1.29 is 9.13 Å². The fraction of sp³-hybridized carbons (Fsp3) is 0.0462. The maximum Gasteiger partial charge on any atom is 0.188 e. The van der Waals surface area contributed by atoms with Crippen molar-refractivity contribution in [2.75, 3.05) is 4.90 Å². The first-order valence-corrected chi connectivity index (χ1v) is 27.9. The fourth-order valence-electron chi connectivity index (χ4n) is 11.7. The summed E-state index contributed by atoms with van der Waals surface area (Å²) in [7, 11) is -6.72. The Kier molecular flexibility index (Phi) is 10.7. The van der Waals surface area contributed by atoms with Crippen molar-refractivity contribution in [3.63, 3.8) is 0 Å². The van der Waals surface area contributed by atoms with E-state index in [1.165, 1.54) is 16.7 Å². The molecule has 7 heteroatoms.